The third-order valence-electron chi connectivity index (χ3n) is 5.49. The van der Waals surface area contributed by atoms with Crippen molar-refractivity contribution in [3.05, 3.63) is 39.8 Å². The molecule has 0 saturated heterocycles. The highest BCUT2D eigenvalue weighted by Crippen LogP contribution is 2.40. The van der Waals surface area contributed by atoms with E-state index >= 15 is 0 Å². The first-order valence-electron chi connectivity index (χ1n) is 9.82. The topological polar surface area (TPSA) is 130 Å². The molecule has 3 aromatic rings. The van der Waals surface area contributed by atoms with Crippen molar-refractivity contribution in [3.8, 4) is 17.9 Å². The second kappa shape index (κ2) is 8.03. The molecule has 31 heavy (non-hydrogen) atoms. The molecular weight excluding hydrogens is 416 g/mol. The minimum Gasteiger partial charge on any atom is -0.489 e. The van der Waals surface area contributed by atoms with Crippen molar-refractivity contribution in [1.29, 1.82) is 10.5 Å². The molecule has 0 bridgehead atoms. The maximum absolute atomic E-state index is 9.75. The predicted octanol–water partition coefficient (Wildman–Crippen LogP) is 2.96. The van der Waals surface area contributed by atoms with Gasteiger partial charge in [-0.2, -0.15) is 15.6 Å². The van der Waals surface area contributed by atoms with Gasteiger partial charge in [-0.3, -0.25) is 4.90 Å². The van der Waals surface area contributed by atoms with Crippen LogP contribution in [0, 0.1) is 29.6 Å². The van der Waals surface area contributed by atoms with Gasteiger partial charge in [0, 0.05) is 24.2 Å². The Morgan fingerprint density at radius 3 is 2.87 bits per heavy atom. The van der Waals surface area contributed by atoms with Crippen molar-refractivity contribution >= 4 is 28.5 Å². The number of nitrogens with zero attached hydrogens (tertiary/aromatic N) is 7. The Labute approximate surface area is 184 Å². The van der Waals surface area contributed by atoms with Gasteiger partial charge in [0.05, 0.1) is 40.3 Å². The normalized spacial score (nSPS) is 17.3. The summed E-state index contributed by atoms with van der Waals surface area (Å²) in [6, 6.07) is 5.82. The van der Waals surface area contributed by atoms with Gasteiger partial charge in [0.1, 0.15) is 30.1 Å². The fraction of sp³-hybridized carbons (Fsp3) is 0.381. The molecule has 9 nitrogen and oxygen atoms in total. The molecule has 1 aromatic carbocycles. The zero-order chi connectivity index (χ0) is 22.3. The third-order valence-corrected chi connectivity index (χ3v) is 5.79. The summed E-state index contributed by atoms with van der Waals surface area (Å²) in [4.78, 5) is 10.4. The smallest absolute Gasteiger partial charge is 0.164 e. The number of aromatic nitrogens is 4. The molecule has 10 heteroatoms. The summed E-state index contributed by atoms with van der Waals surface area (Å²) >= 11 is 6.52. The Balaban J connectivity index is 1.92. The zero-order valence-corrected chi connectivity index (χ0v) is 18.2. The van der Waals surface area contributed by atoms with Gasteiger partial charge in [0.15, 0.2) is 5.65 Å². The monoisotopic (exact) mass is 436 g/mol. The molecule has 0 saturated carbocycles. The summed E-state index contributed by atoms with van der Waals surface area (Å²) in [7, 11) is 0. The van der Waals surface area contributed by atoms with E-state index in [1.165, 1.54) is 6.33 Å². The van der Waals surface area contributed by atoms with Gasteiger partial charge in [0.25, 0.3) is 0 Å². The molecule has 1 aliphatic heterocycles. The van der Waals surface area contributed by atoms with Crippen LogP contribution < -0.4 is 10.5 Å². The molecule has 0 amide bonds. The standard InChI is InChI=1S/C21H21ClN8O/c1-11-8-29(5-4-23)9-16-15(7-24)17(22)6-14(19(16)31-11)13(3)30-21-18(12(2)28-30)20(25)26-10-27-21/h6,10-11,13H,5,8-9H2,1-3H3,(H2,25,26,27)/t11-,13?/m1/s1. The van der Waals surface area contributed by atoms with E-state index in [2.05, 4.69) is 27.2 Å². The molecule has 0 radical (unpaired) electrons. The van der Waals surface area contributed by atoms with Crippen LogP contribution in [-0.2, 0) is 6.54 Å². The minimum atomic E-state index is -0.306. The number of anilines is 1. The Morgan fingerprint density at radius 2 is 2.16 bits per heavy atom. The number of benzene rings is 1. The first kappa shape index (κ1) is 20.9. The quantitative estimate of drug-likeness (QED) is 0.620. The van der Waals surface area contributed by atoms with E-state index < -0.39 is 0 Å². The molecular formula is C21H21ClN8O. The SMILES string of the molecule is Cc1nn(C(C)c2cc(Cl)c(C#N)c3c2O[C@H](C)CN(CC#N)C3)c2ncnc(N)c12. The van der Waals surface area contributed by atoms with E-state index in [1.54, 1.807) is 10.7 Å². The van der Waals surface area contributed by atoms with E-state index in [4.69, 9.17) is 22.1 Å². The lowest BCUT2D eigenvalue weighted by Gasteiger charge is -2.22. The molecule has 158 valence electrons. The Morgan fingerprint density at radius 1 is 1.39 bits per heavy atom. The molecule has 2 atom stereocenters. The Kier molecular flexibility index (Phi) is 5.40. The average molecular weight is 437 g/mol. The van der Waals surface area contributed by atoms with Gasteiger partial charge in [-0.05, 0) is 26.8 Å². The first-order valence-corrected chi connectivity index (χ1v) is 10.2. The number of hydrogen-bond donors (Lipinski definition) is 1. The fourth-order valence-corrected chi connectivity index (χ4v) is 4.38. The highest BCUT2D eigenvalue weighted by atomic mass is 35.5. The second-order valence-corrected chi connectivity index (χ2v) is 8.07. The lowest BCUT2D eigenvalue weighted by Crippen LogP contribution is -2.31. The van der Waals surface area contributed by atoms with Crippen molar-refractivity contribution in [3.63, 3.8) is 0 Å². The van der Waals surface area contributed by atoms with Gasteiger partial charge in [-0.25, -0.2) is 14.6 Å². The summed E-state index contributed by atoms with van der Waals surface area (Å²) in [6.07, 6.45) is 1.23. The van der Waals surface area contributed by atoms with Crippen molar-refractivity contribution < 1.29 is 4.74 Å². The van der Waals surface area contributed by atoms with E-state index in [0.29, 0.717) is 51.8 Å². The van der Waals surface area contributed by atoms with Crippen LogP contribution in [0.5, 0.6) is 5.75 Å². The average Bonchev–Trinajstić information content (AvgIpc) is 2.97. The molecule has 1 aliphatic rings. The first-order chi connectivity index (χ1) is 14.8. The van der Waals surface area contributed by atoms with E-state index in [-0.39, 0.29) is 18.7 Å². The Bertz CT molecular complexity index is 1260. The van der Waals surface area contributed by atoms with Gasteiger partial charge in [0.2, 0.25) is 0 Å². The molecule has 0 spiro atoms. The van der Waals surface area contributed by atoms with Crippen molar-refractivity contribution in [2.24, 2.45) is 0 Å². The molecule has 1 unspecified atom stereocenters. The lowest BCUT2D eigenvalue weighted by molar-refractivity contribution is 0.169. The van der Waals surface area contributed by atoms with E-state index in [0.717, 1.165) is 11.3 Å². The fourth-order valence-electron chi connectivity index (χ4n) is 4.11. The van der Waals surface area contributed by atoms with Crippen LogP contribution in [0.4, 0.5) is 5.82 Å². The van der Waals surface area contributed by atoms with Gasteiger partial charge in [-0.1, -0.05) is 11.6 Å². The highest BCUT2D eigenvalue weighted by molar-refractivity contribution is 6.32. The van der Waals surface area contributed by atoms with Crippen LogP contribution in [-0.4, -0.2) is 43.8 Å². The second-order valence-electron chi connectivity index (χ2n) is 7.66. The predicted molar refractivity (Wildman–Crippen MR) is 115 cm³/mol. The number of aryl methyl sites for hydroxylation is 1. The van der Waals surface area contributed by atoms with E-state index in [1.807, 2.05) is 25.7 Å². The van der Waals surface area contributed by atoms with Crippen LogP contribution >= 0.6 is 11.6 Å². The number of nitriles is 2. The number of rotatable bonds is 3. The molecule has 3 heterocycles. The third kappa shape index (κ3) is 3.52. The van der Waals surface area contributed by atoms with Crippen LogP contribution in [0.25, 0.3) is 11.0 Å². The maximum Gasteiger partial charge on any atom is 0.164 e. The number of ether oxygens (including phenoxy) is 1. The van der Waals surface area contributed by atoms with Crippen molar-refractivity contribution in [2.75, 3.05) is 18.8 Å². The van der Waals surface area contributed by atoms with Crippen molar-refractivity contribution in [2.45, 2.75) is 39.5 Å². The number of nitrogen functional groups attached to an aromatic ring is 1. The summed E-state index contributed by atoms with van der Waals surface area (Å²) in [5.74, 6) is 0.972. The highest BCUT2D eigenvalue weighted by Gasteiger charge is 2.30. The number of halogens is 1. The lowest BCUT2D eigenvalue weighted by atomic mass is 9.98. The number of fused-ring (bicyclic) bond motifs is 2. The van der Waals surface area contributed by atoms with Gasteiger partial charge >= 0.3 is 0 Å². The summed E-state index contributed by atoms with van der Waals surface area (Å²) in [6.45, 7) is 6.95. The Hall–Kier alpha value is -3.40. The van der Waals surface area contributed by atoms with Gasteiger partial charge < -0.3 is 10.5 Å². The molecule has 4 rings (SSSR count). The van der Waals surface area contributed by atoms with Crippen LogP contribution in [0.2, 0.25) is 5.02 Å². The molecule has 0 aliphatic carbocycles. The number of nitrogens with two attached hydrogens (primary N) is 1. The zero-order valence-electron chi connectivity index (χ0n) is 17.4. The summed E-state index contributed by atoms with van der Waals surface area (Å²) < 4.78 is 8.06. The molecule has 2 aromatic heterocycles. The summed E-state index contributed by atoms with van der Waals surface area (Å²) in [5, 5.41) is 24.6. The largest absolute Gasteiger partial charge is 0.489 e. The maximum atomic E-state index is 9.75. The van der Waals surface area contributed by atoms with Crippen LogP contribution in [0.1, 0.15) is 42.3 Å². The molecule has 0 fully saturated rings. The van der Waals surface area contributed by atoms with Gasteiger partial charge in [-0.15, -0.1) is 0 Å². The summed E-state index contributed by atoms with van der Waals surface area (Å²) in [5.41, 5.74) is 9.20. The van der Waals surface area contributed by atoms with Crippen LogP contribution in [0.3, 0.4) is 0 Å². The minimum absolute atomic E-state index is 0.178. The van der Waals surface area contributed by atoms with E-state index in [9.17, 15) is 10.5 Å². The van der Waals surface area contributed by atoms with Crippen LogP contribution in [0.15, 0.2) is 12.4 Å². The number of hydrogen-bond acceptors (Lipinski definition) is 8. The van der Waals surface area contributed by atoms with Crippen molar-refractivity contribution in [1.82, 2.24) is 24.6 Å². The molecule has 2 N–H and O–H groups in total.